The van der Waals surface area contributed by atoms with Crippen molar-refractivity contribution in [1.82, 2.24) is 15.3 Å². The molecule has 1 saturated heterocycles. The van der Waals surface area contributed by atoms with Crippen LogP contribution >= 0.6 is 11.6 Å². The maximum absolute atomic E-state index is 5.82. The van der Waals surface area contributed by atoms with E-state index >= 15 is 0 Å². The number of halogens is 1. The van der Waals surface area contributed by atoms with Crippen molar-refractivity contribution in [3.05, 3.63) is 17.5 Å². The number of nitrogens with one attached hydrogen (secondary N) is 1. The standard InChI is InChI=1S/C10H15ClN4/c1-15(6-8-2-3-12-5-8)10-4-9(11)13-7-14-10/h4,7-8,12H,2-3,5-6H2,1H3. The lowest BCUT2D eigenvalue weighted by molar-refractivity contribution is 0.575. The van der Waals surface area contributed by atoms with Crippen molar-refractivity contribution in [2.75, 3.05) is 31.6 Å². The van der Waals surface area contributed by atoms with Gasteiger partial charge in [0.25, 0.3) is 0 Å². The zero-order valence-corrected chi connectivity index (χ0v) is 9.54. The number of aromatic nitrogens is 2. The largest absolute Gasteiger partial charge is 0.359 e. The van der Waals surface area contributed by atoms with Crippen LogP contribution in [0.4, 0.5) is 5.82 Å². The van der Waals surface area contributed by atoms with Crippen molar-refractivity contribution >= 4 is 17.4 Å². The van der Waals surface area contributed by atoms with Crippen LogP contribution in [0.5, 0.6) is 0 Å². The highest BCUT2D eigenvalue weighted by molar-refractivity contribution is 6.29. The lowest BCUT2D eigenvalue weighted by Gasteiger charge is -2.21. The lowest BCUT2D eigenvalue weighted by Crippen LogP contribution is -2.27. The molecular weight excluding hydrogens is 212 g/mol. The zero-order chi connectivity index (χ0) is 10.7. The van der Waals surface area contributed by atoms with Crippen molar-refractivity contribution in [3.63, 3.8) is 0 Å². The van der Waals surface area contributed by atoms with Gasteiger partial charge in [0.05, 0.1) is 0 Å². The third-order valence-corrected chi connectivity index (χ3v) is 2.91. The van der Waals surface area contributed by atoms with Crippen LogP contribution in [0.15, 0.2) is 12.4 Å². The van der Waals surface area contributed by atoms with E-state index in [0.29, 0.717) is 11.1 Å². The van der Waals surface area contributed by atoms with Gasteiger partial charge in [-0.2, -0.15) is 0 Å². The molecule has 1 aromatic rings. The molecule has 15 heavy (non-hydrogen) atoms. The predicted octanol–water partition coefficient (Wildman–Crippen LogP) is 1.18. The number of hydrogen-bond acceptors (Lipinski definition) is 4. The second-order valence-electron chi connectivity index (χ2n) is 3.94. The normalized spacial score (nSPS) is 20.5. The van der Waals surface area contributed by atoms with Crippen LogP contribution in [-0.4, -0.2) is 36.6 Å². The van der Waals surface area contributed by atoms with Gasteiger partial charge in [-0.1, -0.05) is 11.6 Å². The number of nitrogens with zero attached hydrogens (tertiary/aromatic N) is 3. The van der Waals surface area contributed by atoms with Crippen molar-refractivity contribution in [3.8, 4) is 0 Å². The van der Waals surface area contributed by atoms with Crippen molar-refractivity contribution < 1.29 is 0 Å². The molecule has 1 aromatic heterocycles. The molecule has 1 unspecified atom stereocenters. The Morgan fingerprint density at radius 3 is 3.13 bits per heavy atom. The van der Waals surface area contributed by atoms with E-state index in [0.717, 1.165) is 25.5 Å². The summed E-state index contributed by atoms with van der Waals surface area (Å²) in [6.07, 6.45) is 2.74. The van der Waals surface area contributed by atoms with E-state index in [1.54, 1.807) is 6.07 Å². The summed E-state index contributed by atoms with van der Waals surface area (Å²) in [6.45, 7) is 3.24. The topological polar surface area (TPSA) is 41.0 Å². The van der Waals surface area contributed by atoms with Crippen LogP contribution in [-0.2, 0) is 0 Å². The fourth-order valence-electron chi connectivity index (χ4n) is 1.88. The first-order valence-corrected chi connectivity index (χ1v) is 5.53. The van der Waals surface area contributed by atoms with Crippen LogP contribution in [0.3, 0.4) is 0 Å². The average molecular weight is 227 g/mol. The Balaban J connectivity index is 1.97. The summed E-state index contributed by atoms with van der Waals surface area (Å²) in [5.41, 5.74) is 0. The Kier molecular flexibility index (Phi) is 3.38. The third-order valence-electron chi connectivity index (χ3n) is 2.70. The Morgan fingerprint density at radius 1 is 1.60 bits per heavy atom. The average Bonchev–Trinajstić information content (AvgIpc) is 2.70. The summed E-state index contributed by atoms with van der Waals surface area (Å²) < 4.78 is 0. The van der Waals surface area contributed by atoms with E-state index in [4.69, 9.17) is 11.6 Å². The summed E-state index contributed by atoms with van der Waals surface area (Å²) in [5.74, 6) is 1.60. The van der Waals surface area contributed by atoms with Crippen LogP contribution < -0.4 is 10.2 Å². The van der Waals surface area contributed by atoms with Gasteiger partial charge in [-0.05, 0) is 25.4 Å². The van der Waals surface area contributed by atoms with E-state index in [1.807, 2.05) is 7.05 Å². The molecule has 0 aromatic carbocycles. The minimum Gasteiger partial charge on any atom is -0.359 e. The minimum atomic E-state index is 0.497. The lowest BCUT2D eigenvalue weighted by atomic mass is 10.1. The summed E-state index contributed by atoms with van der Waals surface area (Å²) in [5, 5.41) is 3.85. The second-order valence-corrected chi connectivity index (χ2v) is 4.33. The summed E-state index contributed by atoms with van der Waals surface area (Å²) in [7, 11) is 2.04. The molecule has 2 rings (SSSR count). The van der Waals surface area contributed by atoms with Gasteiger partial charge < -0.3 is 10.2 Å². The maximum atomic E-state index is 5.82. The van der Waals surface area contributed by atoms with Gasteiger partial charge in [0, 0.05) is 19.7 Å². The molecule has 1 atom stereocenters. The smallest absolute Gasteiger partial charge is 0.134 e. The molecule has 0 saturated carbocycles. The molecule has 1 N–H and O–H groups in total. The van der Waals surface area contributed by atoms with E-state index in [-0.39, 0.29) is 0 Å². The minimum absolute atomic E-state index is 0.497. The first-order chi connectivity index (χ1) is 7.25. The van der Waals surface area contributed by atoms with E-state index in [2.05, 4.69) is 20.2 Å². The van der Waals surface area contributed by atoms with Gasteiger partial charge in [-0.25, -0.2) is 9.97 Å². The fraction of sp³-hybridized carbons (Fsp3) is 0.600. The van der Waals surface area contributed by atoms with Crippen molar-refractivity contribution in [2.45, 2.75) is 6.42 Å². The molecule has 1 aliphatic heterocycles. The molecule has 4 nitrogen and oxygen atoms in total. The number of rotatable bonds is 3. The molecule has 2 heterocycles. The highest BCUT2D eigenvalue weighted by Gasteiger charge is 2.17. The summed E-state index contributed by atoms with van der Waals surface area (Å²) in [4.78, 5) is 10.2. The Labute approximate surface area is 94.7 Å². The Hall–Kier alpha value is -0.870. The first-order valence-electron chi connectivity index (χ1n) is 5.15. The van der Waals surface area contributed by atoms with Crippen molar-refractivity contribution in [2.24, 2.45) is 5.92 Å². The molecule has 0 aliphatic carbocycles. The molecule has 0 radical (unpaired) electrons. The molecule has 1 aliphatic rings. The van der Waals surface area contributed by atoms with E-state index in [9.17, 15) is 0 Å². The Bertz CT molecular complexity index is 325. The zero-order valence-electron chi connectivity index (χ0n) is 8.78. The van der Waals surface area contributed by atoms with Gasteiger partial charge >= 0.3 is 0 Å². The molecule has 0 amide bonds. The number of hydrogen-bond donors (Lipinski definition) is 1. The number of anilines is 1. The highest BCUT2D eigenvalue weighted by Crippen LogP contribution is 2.16. The fourth-order valence-corrected chi connectivity index (χ4v) is 2.03. The van der Waals surface area contributed by atoms with Gasteiger partial charge in [0.2, 0.25) is 0 Å². The maximum Gasteiger partial charge on any atom is 0.134 e. The molecule has 1 fully saturated rings. The summed E-state index contributed by atoms with van der Waals surface area (Å²) in [6, 6.07) is 1.80. The first kappa shape index (κ1) is 10.6. The van der Waals surface area contributed by atoms with Crippen LogP contribution in [0, 0.1) is 5.92 Å². The van der Waals surface area contributed by atoms with Gasteiger partial charge in [-0.15, -0.1) is 0 Å². The van der Waals surface area contributed by atoms with Crippen LogP contribution in [0.2, 0.25) is 5.15 Å². The quantitative estimate of drug-likeness (QED) is 0.786. The van der Waals surface area contributed by atoms with E-state index in [1.165, 1.54) is 12.7 Å². The third kappa shape index (κ3) is 2.79. The predicted molar refractivity (Wildman–Crippen MR) is 61.3 cm³/mol. The van der Waals surface area contributed by atoms with Gasteiger partial charge in [0.1, 0.15) is 17.3 Å². The molecular formula is C10H15ClN4. The summed E-state index contributed by atoms with van der Waals surface area (Å²) >= 11 is 5.82. The monoisotopic (exact) mass is 226 g/mol. The molecule has 5 heteroatoms. The highest BCUT2D eigenvalue weighted by atomic mass is 35.5. The molecule has 0 spiro atoms. The van der Waals surface area contributed by atoms with Crippen LogP contribution in [0.1, 0.15) is 6.42 Å². The molecule has 82 valence electrons. The SMILES string of the molecule is CN(CC1CCNC1)c1cc(Cl)ncn1. The van der Waals surface area contributed by atoms with Crippen LogP contribution in [0.25, 0.3) is 0 Å². The molecule has 0 bridgehead atoms. The van der Waals surface area contributed by atoms with Gasteiger partial charge in [0.15, 0.2) is 0 Å². The van der Waals surface area contributed by atoms with Gasteiger partial charge in [-0.3, -0.25) is 0 Å². The van der Waals surface area contributed by atoms with Crippen molar-refractivity contribution in [1.29, 1.82) is 0 Å². The Morgan fingerprint density at radius 2 is 2.47 bits per heavy atom. The van der Waals surface area contributed by atoms with E-state index < -0.39 is 0 Å². The second kappa shape index (κ2) is 4.77.